The van der Waals surface area contributed by atoms with Gasteiger partial charge >= 0.3 is 6.18 Å². The Hall–Kier alpha value is -1.12. The van der Waals surface area contributed by atoms with Crippen molar-refractivity contribution in [2.75, 3.05) is 13.1 Å². The fraction of sp³-hybridized carbons (Fsp3) is 0.500. The zero-order chi connectivity index (χ0) is 15.2. The number of sulfonamides is 1. The van der Waals surface area contributed by atoms with Crippen LogP contribution in [0.5, 0.6) is 0 Å². The van der Waals surface area contributed by atoms with Gasteiger partial charge < -0.3 is 5.32 Å². The molecule has 0 aromatic heterocycles. The molecule has 4 nitrogen and oxygen atoms in total. The molecule has 0 aliphatic carbocycles. The predicted molar refractivity (Wildman–Crippen MR) is 69.7 cm³/mol. The molecule has 0 amide bonds. The molecule has 0 radical (unpaired) electrons. The second kappa shape index (κ2) is 7.05. The molecule has 0 spiro atoms. The number of rotatable bonds is 7. The van der Waals surface area contributed by atoms with Gasteiger partial charge in [0.25, 0.3) is 0 Å². The van der Waals surface area contributed by atoms with E-state index in [4.69, 9.17) is 0 Å². The summed E-state index contributed by atoms with van der Waals surface area (Å²) in [6.07, 6.45) is -5.57. The van der Waals surface area contributed by atoms with Crippen LogP contribution >= 0.6 is 0 Å². The minimum atomic E-state index is -4.38. The zero-order valence-electron chi connectivity index (χ0n) is 11.0. The molecule has 2 N–H and O–H groups in total. The molecule has 114 valence electrons. The van der Waals surface area contributed by atoms with Crippen LogP contribution in [0.2, 0.25) is 0 Å². The summed E-state index contributed by atoms with van der Waals surface area (Å²) in [5.41, 5.74) is 0.755. The Balaban J connectivity index is 2.72. The number of alkyl halides is 3. The third-order valence-electron chi connectivity index (χ3n) is 2.49. The molecule has 8 heteroatoms. The topological polar surface area (TPSA) is 58.2 Å². The molecule has 0 unspecified atom stereocenters. The maximum absolute atomic E-state index is 12.0. The predicted octanol–water partition coefficient (Wildman–Crippen LogP) is 2.03. The number of hydrogen-bond acceptors (Lipinski definition) is 3. The molecular weight excluding hydrogens is 293 g/mol. The van der Waals surface area contributed by atoms with Crippen molar-refractivity contribution < 1.29 is 21.6 Å². The van der Waals surface area contributed by atoms with Crippen LogP contribution in [0, 0.1) is 0 Å². The van der Waals surface area contributed by atoms with Crippen molar-refractivity contribution in [1.29, 1.82) is 0 Å². The summed E-state index contributed by atoms with van der Waals surface area (Å²) < 4.78 is 61.6. The Morgan fingerprint density at radius 2 is 1.95 bits per heavy atom. The van der Waals surface area contributed by atoms with Crippen LogP contribution in [0.25, 0.3) is 0 Å². The Morgan fingerprint density at radius 3 is 2.55 bits per heavy atom. The normalized spacial score (nSPS) is 12.6. The SMILES string of the molecule is CCNCc1cccc(S(=O)(=O)NCCC(F)(F)F)c1. The summed E-state index contributed by atoms with van der Waals surface area (Å²) in [6.45, 7) is 2.49. The summed E-state index contributed by atoms with van der Waals surface area (Å²) in [6, 6.07) is 6.10. The largest absolute Gasteiger partial charge is 0.390 e. The van der Waals surface area contributed by atoms with Crippen molar-refractivity contribution in [1.82, 2.24) is 10.0 Å². The molecule has 1 rings (SSSR count). The highest BCUT2D eigenvalue weighted by molar-refractivity contribution is 7.89. The summed E-state index contributed by atoms with van der Waals surface area (Å²) in [7, 11) is -3.91. The van der Waals surface area contributed by atoms with Crippen molar-refractivity contribution in [2.24, 2.45) is 0 Å². The fourth-order valence-electron chi connectivity index (χ4n) is 1.50. The van der Waals surface area contributed by atoms with Crippen LogP contribution in [0.3, 0.4) is 0 Å². The quantitative estimate of drug-likeness (QED) is 0.810. The smallest absolute Gasteiger partial charge is 0.313 e. The van der Waals surface area contributed by atoms with E-state index in [0.717, 1.165) is 12.1 Å². The molecule has 0 fully saturated rings. The maximum atomic E-state index is 12.0. The third-order valence-corrected chi connectivity index (χ3v) is 3.95. The minimum Gasteiger partial charge on any atom is -0.313 e. The molecule has 0 heterocycles. The summed E-state index contributed by atoms with van der Waals surface area (Å²) >= 11 is 0. The van der Waals surface area contributed by atoms with Crippen LogP contribution in [-0.2, 0) is 16.6 Å². The van der Waals surface area contributed by atoms with Crippen LogP contribution in [0.4, 0.5) is 13.2 Å². The van der Waals surface area contributed by atoms with Gasteiger partial charge in [-0.3, -0.25) is 0 Å². The highest BCUT2D eigenvalue weighted by Crippen LogP contribution is 2.19. The van der Waals surface area contributed by atoms with Gasteiger partial charge in [-0.05, 0) is 24.2 Å². The van der Waals surface area contributed by atoms with Crippen molar-refractivity contribution in [3.05, 3.63) is 29.8 Å². The lowest BCUT2D eigenvalue weighted by Crippen LogP contribution is -2.28. The van der Waals surface area contributed by atoms with E-state index in [-0.39, 0.29) is 4.90 Å². The van der Waals surface area contributed by atoms with Crippen molar-refractivity contribution in [3.63, 3.8) is 0 Å². The van der Waals surface area contributed by atoms with Gasteiger partial charge in [0.15, 0.2) is 0 Å². The van der Waals surface area contributed by atoms with E-state index in [1.807, 2.05) is 11.6 Å². The second-order valence-corrected chi connectivity index (χ2v) is 5.96. The van der Waals surface area contributed by atoms with Crippen molar-refractivity contribution >= 4 is 10.0 Å². The summed E-state index contributed by atoms with van der Waals surface area (Å²) in [5.74, 6) is 0. The molecule has 20 heavy (non-hydrogen) atoms. The molecule has 0 aliphatic heterocycles. The van der Waals surface area contributed by atoms with E-state index in [0.29, 0.717) is 6.54 Å². The van der Waals surface area contributed by atoms with E-state index in [1.54, 1.807) is 12.1 Å². The number of hydrogen-bond donors (Lipinski definition) is 2. The summed E-state index contributed by atoms with van der Waals surface area (Å²) in [4.78, 5) is -0.0323. The fourth-order valence-corrected chi connectivity index (χ4v) is 2.60. The average molecular weight is 310 g/mol. The number of nitrogens with one attached hydrogen (secondary N) is 2. The second-order valence-electron chi connectivity index (χ2n) is 4.19. The Bertz CT molecular complexity index is 530. The van der Waals surface area contributed by atoms with Gasteiger partial charge in [-0.1, -0.05) is 19.1 Å². The van der Waals surface area contributed by atoms with Crippen LogP contribution < -0.4 is 10.0 Å². The van der Waals surface area contributed by atoms with E-state index in [2.05, 4.69) is 5.32 Å². The van der Waals surface area contributed by atoms with Gasteiger partial charge in [-0.15, -0.1) is 0 Å². The Kier molecular flexibility index (Phi) is 5.97. The van der Waals surface area contributed by atoms with E-state index < -0.39 is 29.2 Å². The first-order valence-electron chi connectivity index (χ1n) is 6.10. The third kappa shape index (κ3) is 5.89. The van der Waals surface area contributed by atoms with E-state index in [1.165, 1.54) is 12.1 Å². The van der Waals surface area contributed by atoms with Crippen LogP contribution in [-0.4, -0.2) is 27.7 Å². The molecule has 0 atom stereocenters. The van der Waals surface area contributed by atoms with Crippen molar-refractivity contribution in [3.8, 4) is 0 Å². The molecule has 0 aliphatic rings. The van der Waals surface area contributed by atoms with Gasteiger partial charge in [0, 0.05) is 13.1 Å². The van der Waals surface area contributed by atoms with Gasteiger partial charge in [0.2, 0.25) is 10.0 Å². The first-order chi connectivity index (χ1) is 9.24. The molecule has 0 bridgehead atoms. The molecule has 0 saturated carbocycles. The van der Waals surface area contributed by atoms with Gasteiger partial charge in [-0.25, -0.2) is 13.1 Å². The van der Waals surface area contributed by atoms with Crippen molar-refractivity contribution in [2.45, 2.75) is 31.0 Å². The highest BCUT2D eigenvalue weighted by atomic mass is 32.2. The van der Waals surface area contributed by atoms with Crippen LogP contribution in [0.15, 0.2) is 29.2 Å². The Morgan fingerprint density at radius 1 is 1.25 bits per heavy atom. The monoisotopic (exact) mass is 310 g/mol. The highest BCUT2D eigenvalue weighted by Gasteiger charge is 2.27. The Labute approximate surface area is 116 Å². The molecule has 1 aromatic rings. The lowest BCUT2D eigenvalue weighted by atomic mass is 10.2. The first kappa shape index (κ1) is 16.9. The number of halogens is 3. The molecule has 0 saturated heterocycles. The van der Waals surface area contributed by atoms with Gasteiger partial charge in [-0.2, -0.15) is 13.2 Å². The average Bonchev–Trinajstić information content (AvgIpc) is 2.35. The minimum absolute atomic E-state index is 0.0323. The standard InChI is InChI=1S/C12H17F3N2O2S/c1-2-16-9-10-4-3-5-11(8-10)20(18,19)17-7-6-12(13,14)15/h3-5,8,16-17H,2,6-7,9H2,1H3. The maximum Gasteiger partial charge on any atom is 0.390 e. The zero-order valence-corrected chi connectivity index (χ0v) is 11.8. The lowest BCUT2D eigenvalue weighted by Gasteiger charge is -2.10. The lowest BCUT2D eigenvalue weighted by molar-refractivity contribution is -0.132. The van der Waals surface area contributed by atoms with Crippen LogP contribution in [0.1, 0.15) is 18.9 Å². The van der Waals surface area contributed by atoms with E-state index in [9.17, 15) is 21.6 Å². The first-order valence-corrected chi connectivity index (χ1v) is 7.59. The van der Waals surface area contributed by atoms with Gasteiger partial charge in [0.05, 0.1) is 11.3 Å². The van der Waals surface area contributed by atoms with Gasteiger partial charge in [0.1, 0.15) is 0 Å². The molecule has 1 aromatic carbocycles. The molecular formula is C12H17F3N2O2S. The van der Waals surface area contributed by atoms with E-state index >= 15 is 0 Å². The summed E-state index contributed by atoms with van der Waals surface area (Å²) in [5, 5.41) is 3.04. The number of benzene rings is 1.